The van der Waals surface area contributed by atoms with Crippen LogP contribution in [0.4, 0.5) is 0 Å². The van der Waals surface area contributed by atoms with E-state index in [0.29, 0.717) is 23.7 Å². The van der Waals surface area contributed by atoms with Crippen LogP contribution in [0.2, 0.25) is 0 Å². The molecule has 1 fully saturated rings. The quantitative estimate of drug-likeness (QED) is 0.523. The minimum Gasteiger partial charge on any atom is -0.439 e. The van der Waals surface area contributed by atoms with Gasteiger partial charge in [-0.2, -0.15) is 0 Å². The highest BCUT2D eigenvalue weighted by Crippen LogP contribution is 2.33. The summed E-state index contributed by atoms with van der Waals surface area (Å²) in [5.74, 6) is 1.98. The van der Waals surface area contributed by atoms with E-state index in [4.69, 9.17) is 9.72 Å². The molecule has 1 atom stereocenters. The van der Waals surface area contributed by atoms with Crippen molar-refractivity contribution >= 4 is 16.9 Å². The molecule has 1 unspecified atom stereocenters. The van der Waals surface area contributed by atoms with Crippen molar-refractivity contribution in [1.29, 1.82) is 0 Å². The van der Waals surface area contributed by atoms with Crippen molar-refractivity contribution in [2.24, 2.45) is 0 Å². The lowest BCUT2D eigenvalue weighted by Crippen LogP contribution is -2.31. The van der Waals surface area contributed by atoms with Crippen LogP contribution < -0.4 is 4.74 Å². The third-order valence-electron chi connectivity index (χ3n) is 5.43. The Bertz CT molecular complexity index is 1190. The van der Waals surface area contributed by atoms with Gasteiger partial charge in [0.1, 0.15) is 11.6 Å². The van der Waals surface area contributed by atoms with E-state index in [-0.39, 0.29) is 11.9 Å². The number of carbonyl (C=O) groups is 1. The van der Waals surface area contributed by atoms with Gasteiger partial charge in [-0.05, 0) is 55.7 Å². The molecule has 1 aliphatic rings. The van der Waals surface area contributed by atoms with E-state index < -0.39 is 0 Å². The maximum Gasteiger partial charge on any atom is 0.256 e. The maximum atomic E-state index is 13.2. The summed E-state index contributed by atoms with van der Waals surface area (Å²) in [6, 6.07) is 19.1. The molecule has 1 saturated heterocycles. The Morgan fingerprint density at radius 2 is 2.00 bits per heavy atom. The van der Waals surface area contributed by atoms with Crippen molar-refractivity contribution in [2.75, 3.05) is 6.54 Å². The molecule has 0 saturated carbocycles. The van der Waals surface area contributed by atoms with E-state index in [1.807, 2.05) is 41.3 Å². The number of nitrogens with one attached hydrogen (secondary N) is 1. The molecule has 1 N–H and O–H groups in total. The molecule has 3 heterocycles. The number of amides is 1. The number of aromatic nitrogens is 3. The zero-order valence-corrected chi connectivity index (χ0v) is 16.7. The van der Waals surface area contributed by atoms with Gasteiger partial charge in [0.05, 0.1) is 22.6 Å². The summed E-state index contributed by atoms with van der Waals surface area (Å²) >= 11 is 0. The average Bonchev–Trinajstić information content (AvgIpc) is 3.41. The Kier molecular flexibility index (Phi) is 4.67. The number of nitrogens with zero attached hydrogens (tertiary/aromatic N) is 3. The number of pyridine rings is 1. The number of hydrogen-bond acceptors (Lipinski definition) is 4. The van der Waals surface area contributed by atoms with Gasteiger partial charge < -0.3 is 14.6 Å². The first-order valence-electron chi connectivity index (χ1n) is 10.1. The minimum absolute atomic E-state index is 0.0344. The van der Waals surface area contributed by atoms with E-state index in [1.54, 1.807) is 18.3 Å². The third-order valence-corrected chi connectivity index (χ3v) is 5.43. The SMILES string of the molecule is Cc1ccc2nc(C3CCCN3C(=O)c3ccc(Oc4ccccc4)nc3)[nH]c2c1. The first-order chi connectivity index (χ1) is 14.7. The zero-order valence-electron chi connectivity index (χ0n) is 16.7. The molecular formula is C24H22N4O2. The van der Waals surface area contributed by atoms with Crippen molar-refractivity contribution in [1.82, 2.24) is 19.9 Å². The van der Waals surface area contributed by atoms with Crippen LogP contribution >= 0.6 is 0 Å². The summed E-state index contributed by atoms with van der Waals surface area (Å²) in [4.78, 5) is 27.5. The van der Waals surface area contributed by atoms with Crippen LogP contribution in [0.3, 0.4) is 0 Å². The molecule has 0 spiro atoms. The predicted octanol–water partition coefficient (Wildman–Crippen LogP) is 5.04. The second kappa shape index (κ2) is 7.63. The summed E-state index contributed by atoms with van der Waals surface area (Å²) in [7, 11) is 0. The lowest BCUT2D eigenvalue weighted by molar-refractivity contribution is 0.0730. The summed E-state index contributed by atoms with van der Waals surface area (Å²) in [5.41, 5.74) is 3.67. The number of likely N-dealkylation sites (tertiary alicyclic amines) is 1. The van der Waals surface area contributed by atoms with E-state index >= 15 is 0 Å². The molecule has 0 radical (unpaired) electrons. The molecule has 30 heavy (non-hydrogen) atoms. The molecule has 6 heteroatoms. The highest BCUT2D eigenvalue weighted by Gasteiger charge is 2.32. The molecule has 150 valence electrons. The Balaban J connectivity index is 1.35. The standard InChI is InChI=1S/C24H22N4O2/c1-16-9-11-19-20(14-16)27-23(26-19)21-8-5-13-28(21)24(29)17-10-12-22(25-15-17)30-18-6-3-2-4-7-18/h2-4,6-7,9-12,14-15,21H,5,8,13H2,1H3,(H,26,27). The number of benzene rings is 2. The van der Waals surface area contributed by atoms with E-state index in [2.05, 4.69) is 29.0 Å². The van der Waals surface area contributed by atoms with E-state index in [9.17, 15) is 4.79 Å². The first kappa shape index (κ1) is 18.4. The Morgan fingerprint density at radius 3 is 2.80 bits per heavy atom. The number of imidazole rings is 1. The molecule has 0 bridgehead atoms. The number of aryl methyl sites for hydroxylation is 1. The Labute approximate surface area is 174 Å². The maximum absolute atomic E-state index is 13.2. The highest BCUT2D eigenvalue weighted by atomic mass is 16.5. The van der Waals surface area contributed by atoms with Gasteiger partial charge >= 0.3 is 0 Å². The lowest BCUT2D eigenvalue weighted by atomic mass is 10.2. The molecule has 2 aromatic heterocycles. The molecular weight excluding hydrogens is 376 g/mol. The van der Waals surface area contributed by atoms with Gasteiger partial charge in [-0.3, -0.25) is 4.79 Å². The van der Waals surface area contributed by atoms with Gasteiger partial charge in [-0.15, -0.1) is 0 Å². The zero-order chi connectivity index (χ0) is 20.5. The highest BCUT2D eigenvalue weighted by molar-refractivity contribution is 5.94. The van der Waals surface area contributed by atoms with E-state index in [0.717, 1.165) is 29.7 Å². The van der Waals surface area contributed by atoms with Crippen molar-refractivity contribution in [2.45, 2.75) is 25.8 Å². The smallest absolute Gasteiger partial charge is 0.256 e. The van der Waals surface area contributed by atoms with E-state index in [1.165, 1.54) is 5.56 Å². The average molecular weight is 398 g/mol. The fraction of sp³-hybridized carbons (Fsp3) is 0.208. The predicted molar refractivity (Wildman–Crippen MR) is 115 cm³/mol. The normalized spacial score (nSPS) is 16.2. The molecule has 1 amide bonds. The van der Waals surface area contributed by atoms with Gasteiger partial charge in [0.2, 0.25) is 5.88 Å². The van der Waals surface area contributed by atoms with Gasteiger partial charge in [-0.25, -0.2) is 9.97 Å². The number of carbonyl (C=O) groups excluding carboxylic acids is 1. The van der Waals surface area contributed by atoms with Crippen LogP contribution in [0.5, 0.6) is 11.6 Å². The molecule has 6 nitrogen and oxygen atoms in total. The third kappa shape index (κ3) is 3.52. The second-order valence-electron chi connectivity index (χ2n) is 7.60. The lowest BCUT2D eigenvalue weighted by Gasteiger charge is -2.23. The van der Waals surface area contributed by atoms with Crippen LogP contribution in [0.25, 0.3) is 11.0 Å². The van der Waals surface area contributed by atoms with Crippen molar-refractivity contribution in [3.05, 3.63) is 83.8 Å². The molecule has 5 rings (SSSR count). The number of hydrogen-bond donors (Lipinski definition) is 1. The van der Waals surface area contributed by atoms with Crippen molar-refractivity contribution in [3.63, 3.8) is 0 Å². The largest absolute Gasteiger partial charge is 0.439 e. The van der Waals surface area contributed by atoms with Crippen molar-refractivity contribution in [3.8, 4) is 11.6 Å². The van der Waals surface area contributed by atoms with Crippen LogP contribution in [0.1, 0.15) is 40.6 Å². The Hall–Kier alpha value is -3.67. The number of ether oxygens (including phenoxy) is 1. The fourth-order valence-corrected chi connectivity index (χ4v) is 3.94. The van der Waals surface area contributed by atoms with Crippen LogP contribution in [0.15, 0.2) is 66.9 Å². The number of rotatable bonds is 4. The summed E-state index contributed by atoms with van der Waals surface area (Å²) in [6.45, 7) is 2.77. The number of para-hydroxylation sites is 1. The van der Waals surface area contributed by atoms with Crippen LogP contribution in [0, 0.1) is 6.92 Å². The number of H-pyrrole nitrogens is 1. The Morgan fingerprint density at radius 1 is 1.13 bits per heavy atom. The number of fused-ring (bicyclic) bond motifs is 1. The van der Waals surface area contributed by atoms with Crippen molar-refractivity contribution < 1.29 is 9.53 Å². The fourth-order valence-electron chi connectivity index (χ4n) is 3.94. The number of aromatic amines is 1. The summed E-state index contributed by atoms with van der Waals surface area (Å²) in [5, 5.41) is 0. The van der Waals surface area contributed by atoms with Gasteiger partial charge in [0.25, 0.3) is 5.91 Å². The van der Waals surface area contributed by atoms with Gasteiger partial charge in [-0.1, -0.05) is 24.3 Å². The summed E-state index contributed by atoms with van der Waals surface area (Å²) in [6.07, 6.45) is 3.43. The topological polar surface area (TPSA) is 71.1 Å². The monoisotopic (exact) mass is 398 g/mol. The molecule has 1 aliphatic heterocycles. The molecule has 4 aromatic rings. The summed E-state index contributed by atoms with van der Waals surface area (Å²) < 4.78 is 5.72. The molecule has 2 aromatic carbocycles. The minimum atomic E-state index is -0.0505. The van der Waals surface area contributed by atoms with Gasteiger partial charge in [0, 0.05) is 18.8 Å². The molecule has 0 aliphatic carbocycles. The van der Waals surface area contributed by atoms with Gasteiger partial charge in [0.15, 0.2) is 0 Å². The van der Waals surface area contributed by atoms with Crippen LogP contribution in [-0.4, -0.2) is 32.3 Å². The van der Waals surface area contributed by atoms with Crippen LogP contribution in [-0.2, 0) is 0 Å². The first-order valence-corrected chi connectivity index (χ1v) is 10.1. The second-order valence-corrected chi connectivity index (χ2v) is 7.60.